The van der Waals surface area contributed by atoms with Gasteiger partial charge in [-0.15, -0.1) is 11.3 Å². The predicted molar refractivity (Wildman–Crippen MR) is 125 cm³/mol. The van der Waals surface area contributed by atoms with E-state index in [1.54, 1.807) is 17.5 Å². The van der Waals surface area contributed by atoms with Crippen molar-refractivity contribution in [2.75, 3.05) is 18.4 Å². The van der Waals surface area contributed by atoms with Crippen LogP contribution in [0.3, 0.4) is 0 Å². The molecule has 0 unspecified atom stereocenters. The fourth-order valence-corrected chi connectivity index (χ4v) is 6.64. The van der Waals surface area contributed by atoms with Gasteiger partial charge in [0.05, 0.1) is 0 Å². The summed E-state index contributed by atoms with van der Waals surface area (Å²) in [6.45, 7) is 0.661. The van der Waals surface area contributed by atoms with E-state index in [0.717, 1.165) is 11.2 Å². The number of piperidine rings is 1. The van der Waals surface area contributed by atoms with E-state index in [0.29, 0.717) is 41.7 Å². The van der Waals surface area contributed by atoms with Crippen LogP contribution in [0.25, 0.3) is 16.9 Å². The highest BCUT2D eigenvalue weighted by Gasteiger charge is 2.33. The van der Waals surface area contributed by atoms with Gasteiger partial charge in [0, 0.05) is 30.8 Å². The number of nitrogens with zero attached hydrogens (tertiary/aromatic N) is 3. The molecule has 1 aromatic carbocycles. The Morgan fingerprint density at radius 2 is 1.75 bits per heavy atom. The van der Waals surface area contributed by atoms with Gasteiger partial charge in [0.15, 0.2) is 0 Å². The maximum absolute atomic E-state index is 13.2. The first-order chi connectivity index (χ1) is 15.5. The molecule has 1 saturated heterocycles. The molecule has 1 amide bonds. The number of hydrogen-bond acceptors (Lipinski definition) is 5. The number of nitrogens with one attached hydrogen (secondary N) is 1. The van der Waals surface area contributed by atoms with E-state index in [9.17, 15) is 13.2 Å². The second-order valence-electron chi connectivity index (χ2n) is 7.70. The minimum absolute atomic E-state index is 0.110. The molecule has 0 saturated carbocycles. The van der Waals surface area contributed by atoms with Crippen molar-refractivity contribution in [3.05, 3.63) is 72.2 Å². The molecule has 3 aromatic heterocycles. The molecule has 0 atom stereocenters. The number of fused-ring (bicyclic) bond motifs is 1. The Morgan fingerprint density at radius 1 is 1.00 bits per heavy atom. The number of amides is 1. The SMILES string of the molecule is O=C(Nc1c(-c2ccccc2)nc2ccccn12)C1CCN(S(=O)(=O)c2cccs2)CC1. The van der Waals surface area contributed by atoms with E-state index >= 15 is 0 Å². The molecule has 164 valence electrons. The highest BCUT2D eigenvalue weighted by molar-refractivity contribution is 7.91. The smallest absolute Gasteiger partial charge is 0.252 e. The zero-order chi connectivity index (χ0) is 22.1. The second kappa shape index (κ2) is 8.50. The van der Waals surface area contributed by atoms with Gasteiger partial charge >= 0.3 is 0 Å². The molecule has 0 radical (unpaired) electrons. The summed E-state index contributed by atoms with van der Waals surface area (Å²) < 4.78 is 29.2. The van der Waals surface area contributed by atoms with E-state index < -0.39 is 10.0 Å². The molecule has 4 aromatic rings. The van der Waals surface area contributed by atoms with E-state index in [2.05, 4.69) is 5.32 Å². The Balaban J connectivity index is 1.35. The molecule has 7 nitrogen and oxygen atoms in total. The van der Waals surface area contributed by atoms with Crippen LogP contribution in [0.15, 0.2) is 76.4 Å². The number of sulfonamides is 1. The third-order valence-corrected chi connectivity index (χ3v) is 9.00. The van der Waals surface area contributed by atoms with E-state index in [1.165, 1.54) is 15.6 Å². The molecule has 32 heavy (non-hydrogen) atoms. The highest BCUT2D eigenvalue weighted by Crippen LogP contribution is 2.31. The number of aromatic nitrogens is 2. The Morgan fingerprint density at radius 3 is 2.47 bits per heavy atom. The van der Waals surface area contributed by atoms with Gasteiger partial charge in [0.25, 0.3) is 10.0 Å². The number of carbonyl (C=O) groups excluding carboxylic acids is 1. The van der Waals surface area contributed by atoms with Crippen LogP contribution in [0.4, 0.5) is 5.82 Å². The third kappa shape index (κ3) is 3.83. The van der Waals surface area contributed by atoms with Crippen LogP contribution in [-0.4, -0.2) is 41.1 Å². The molecule has 1 N–H and O–H groups in total. The first-order valence-corrected chi connectivity index (χ1v) is 12.7. The van der Waals surface area contributed by atoms with Crippen LogP contribution in [-0.2, 0) is 14.8 Å². The monoisotopic (exact) mass is 466 g/mol. The summed E-state index contributed by atoms with van der Waals surface area (Å²) >= 11 is 1.22. The average Bonchev–Trinajstić information content (AvgIpc) is 3.49. The lowest BCUT2D eigenvalue weighted by atomic mass is 9.97. The minimum Gasteiger partial charge on any atom is -0.310 e. The molecule has 9 heteroatoms. The predicted octanol–water partition coefficient (Wildman–Crippen LogP) is 4.10. The van der Waals surface area contributed by atoms with Gasteiger partial charge in [-0.25, -0.2) is 13.4 Å². The van der Waals surface area contributed by atoms with Gasteiger partial charge < -0.3 is 5.32 Å². The van der Waals surface area contributed by atoms with Crippen molar-refractivity contribution < 1.29 is 13.2 Å². The number of thiophene rings is 1. The fourth-order valence-electron chi connectivity index (χ4n) is 4.03. The van der Waals surface area contributed by atoms with Crippen molar-refractivity contribution in [1.29, 1.82) is 0 Å². The van der Waals surface area contributed by atoms with Gasteiger partial charge in [-0.3, -0.25) is 9.20 Å². The zero-order valence-electron chi connectivity index (χ0n) is 17.2. The molecule has 5 rings (SSSR count). The van der Waals surface area contributed by atoms with E-state index in [4.69, 9.17) is 4.98 Å². The number of imidazole rings is 1. The summed E-state index contributed by atoms with van der Waals surface area (Å²) in [7, 11) is -3.48. The molecule has 1 aliphatic heterocycles. The average molecular weight is 467 g/mol. The van der Waals surface area contributed by atoms with Crippen LogP contribution in [0.2, 0.25) is 0 Å². The van der Waals surface area contributed by atoms with Gasteiger partial charge in [-0.05, 0) is 36.4 Å². The Hall–Kier alpha value is -3.01. The maximum Gasteiger partial charge on any atom is 0.252 e. The standard InChI is InChI=1S/C23H22N4O3S2/c28-23(18-11-14-26(15-12-18)32(29,30)20-10-6-16-31-20)25-22-21(17-7-2-1-3-8-17)24-19-9-4-5-13-27(19)22/h1-10,13,16,18H,11-12,14-15H2,(H,25,28). The number of anilines is 1. The number of carbonyl (C=O) groups is 1. The fraction of sp³-hybridized carbons (Fsp3) is 0.217. The van der Waals surface area contributed by atoms with Crippen LogP contribution in [0, 0.1) is 5.92 Å². The number of hydrogen-bond donors (Lipinski definition) is 1. The van der Waals surface area contributed by atoms with Crippen LogP contribution in [0.1, 0.15) is 12.8 Å². The minimum atomic E-state index is -3.48. The zero-order valence-corrected chi connectivity index (χ0v) is 18.8. The number of pyridine rings is 1. The van der Waals surface area contributed by atoms with Crippen molar-refractivity contribution in [3.8, 4) is 11.3 Å². The molecule has 1 aliphatic rings. The number of benzene rings is 1. The lowest BCUT2D eigenvalue weighted by Crippen LogP contribution is -2.41. The molecule has 4 heterocycles. The summed E-state index contributed by atoms with van der Waals surface area (Å²) in [6.07, 6.45) is 2.84. The van der Waals surface area contributed by atoms with Crippen molar-refractivity contribution in [2.24, 2.45) is 5.92 Å². The first-order valence-electron chi connectivity index (χ1n) is 10.4. The topological polar surface area (TPSA) is 83.8 Å². The Bertz CT molecular complexity index is 1340. The van der Waals surface area contributed by atoms with Crippen molar-refractivity contribution in [2.45, 2.75) is 17.1 Å². The van der Waals surface area contributed by atoms with E-state index in [-0.39, 0.29) is 11.8 Å². The summed E-state index contributed by atoms with van der Waals surface area (Å²) in [5, 5.41) is 4.84. The maximum atomic E-state index is 13.2. The summed E-state index contributed by atoms with van der Waals surface area (Å²) in [6, 6.07) is 18.8. The van der Waals surface area contributed by atoms with Gasteiger partial charge in [0.1, 0.15) is 21.4 Å². The van der Waals surface area contributed by atoms with Gasteiger partial charge in [-0.1, -0.05) is 42.5 Å². The lowest BCUT2D eigenvalue weighted by molar-refractivity contribution is -0.120. The first kappa shape index (κ1) is 20.9. The molecular formula is C23H22N4O3S2. The quantitative estimate of drug-likeness (QED) is 0.480. The summed E-state index contributed by atoms with van der Waals surface area (Å²) in [5.41, 5.74) is 2.38. The summed E-state index contributed by atoms with van der Waals surface area (Å²) in [4.78, 5) is 17.9. The van der Waals surface area contributed by atoms with E-state index in [1.807, 2.05) is 59.1 Å². The van der Waals surface area contributed by atoms with Crippen molar-refractivity contribution in [1.82, 2.24) is 13.7 Å². The molecular weight excluding hydrogens is 444 g/mol. The van der Waals surface area contributed by atoms with Crippen LogP contribution < -0.4 is 5.32 Å². The third-order valence-electron chi connectivity index (χ3n) is 5.73. The summed E-state index contributed by atoms with van der Waals surface area (Å²) in [5.74, 6) is 0.258. The van der Waals surface area contributed by atoms with Crippen molar-refractivity contribution in [3.63, 3.8) is 0 Å². The lowest BCUT2D eigenvalue weighted by Gasteiger charge is -2.30. The molecule has 0 spiro atoms. The van der Waals surface area contributed by atoms with Gasteiger partial charge in [-0.2, -0.15) is 4.31 Å². The molecule has 0 bridgehead atoms. The largest absolute Gasteiger partial charge is 0.310 e. The van der Waals surface area contributed by atoms with Crippen molar-refractivity contribution >= 4 is 38.7 Å². The molecule has 1 fully saturated rings. The molecule has 0 aliphatic carbocycles. The number of rotatable bonds is 5. The second-order valence-corrected chi connectivity index (χ2v) is 10.8. The van der Waals surface area contributed by atoms with Crippen LogP contribution in [0.5, 0.6) is 0 Å². The Labute approximate surface area is 190 Å². The van der Waals surface area contributed by atoms with Crippen LogP contribution >= 0.6 is 11.3 Å². The Kier molecular flexibility index (Phi) is 5.54. The highest BCUT2D eigenvalue weighted by atomic mass is 32.2. The normalized spacial score (nSPS) is 15.8. The van der Waals surface area contributed by atoms with Gasteiger partial charge in [0.2, 0.25) is 5.91 Å².